The van der Waals surface area contributed by atoms with Crippen molar-refractivity contribution in [3.05, 3.63) is 42.5 Å². The second kappa shape index (κ2) is 7.89. The number of hydrogen-bond acceptors (Lipinski definition) is 4. The summed E-state index contributed by atoms with van der Waals surface area (Å²) in [6.07, 6.45) is 4.00. The van der Waals surface area contributed by atoms with Gasteiger partial charge in [0, 0.05) is 18.2 Å². The Labute approximate surface area is 165 Å². The first kappa shape index (κ1) is 19.7. The fourth-order valence-corrected chi connectivity index (χ4v) is 3.63. The molecule has 1 atom stereocenters. The van der Waals surface area contributed by atoms with E-state index in [1.54, 1.807) is 0 Å². The number of amides is 1. The Hall–Kier alpha value is -2.08. The van der Waals surface area contributed by atoms with Crippen molar-refractivity contribution in [2.24, 2.45) is 0 Å². The number of nitrogens with zero attached hydrogens (tertiary/aromatic N) is 3. The second-order valence-electron chi connectivity index (χ2n) is 8.08. The van der Waals surface area contributed by atoms with Crippen LogP contribution in [0.5, 0.6) is 0 Å². The molecule has 0 spiro atoms. The van der Waals surface area contributed by atoms with E-state index in [0.29, 0.717) is 12.6 Å². The van der Waals surface area contributed by atoms with Gasteiger partial charge < -0.3 is 5.32 Å². The van der Waals surface area contributed by atoms with Gasteiger partial charge in [-0.05, 0) is 30.7 Å². The molecular weight excluding hydrogens is 356 g/mol. The molecule has 1 fully saturated rings. The van der Waals surface area contributed by atoms with Crippen molar-refractivity contribution in [1.29, 1.82) is 0 Å². The summed E-state index contributed by atoms with van der Waals surface area (Å²) < 4.78 is 2.02. The van der Waals surface area contributed by atoms with Gasteiger partial charge in [-0.2, -0.15) is 0 Å². The molecule has 1 amide bonds. The van der Waals surface area contributed by atoms with E-state index in [2.05, 4.69) is 67.1 Å². The molecule has 6 heteroatoms. The lowest BCUT2D eigenvalue weighted by Crippen LogP contribution is -2.32. The molecule has 27 heavy (non-hydrogen) atoms. The molecule has 0 unspecified atom stereocenters. The number of nitrogens with one attached hydrogen (secondary N) is 1. The van der Waals surface area contributed by atoms with Crippen LogP contribution in [0.1, 0.15) is 46.1 Å². The lowest BCUT2D eigenvalue weighted by Gasteiger charge is -2.19. The van der Waals surface area contributed by atoms with Crippen LogP contribution in [0.3, 0.4) is 0 Å². The number of benzene rings is 1. The van der Waals surface area contributed by atoms with Crippen LogP contribution >= 0.6 is 11.8 Å². The SMILES string of the molecule is C=CCn1c(S[C@@H](C)C(=O)NC2CC2)nnc1-c1ccc(C(C)(C)C)cc1. The summed E-state index contributed by atoms with van der Waals surface area (Å²) in [4.78, 5) is 12.3. The van der Waals surface area contributed by atoms with Crippen molar-refractivity contribution in [3.63, 3.8) is 0 Å². The van der Waals surface area contributed by atoms with Gasteiger partial charge in [-0.15, -0.1) is 16.8 Å². The summed E-state index contributed by atoms with van der Waals surface area (Å²) in [6.45, 7) is 13.0. The fourth-order valence-electron chi connectivity index (χ4n) is 2.76. The van der Waals surface area contributed by atoms with E-state index in [4.69, 9.17) is 0 Å². The lowest BCUT2D eigenvalue weighted by atomic mass is 9.87. The molecule has 1 aromatic heterocycles. The Morgan fingerprint density at radius 1 is 1.33 bits per heavy atom. The van der Waals surface area contributed by atoms with Crippen LogP contribution in [0.2, 0.25) is 0 Å². The zero-order valence-electron chi connectivity index (χ0n) is 16.5. The van der Waals surface area contributed by atoms with E-state index >= 15 is 0 Å². The first-order chi connectivity index (χ1) is 12.8. The Morgan fingerprint density at radius 2 is 2.00 bits per heavy atom. The van der Waals surface area contributed by atoms with Crippen molar-refractivity contribution < 1.29 is 4.79 Å². The number of hydrogen-bond donors (Lipinski definition) is 1. The van der Waals surface area contributed by atoms with Crippen LogP contribution in [0.4, 0.5) is 0 Å². The zero-order chi connectivity index (χ0) is 19.6. The zero-order valence-corrected chi connectivity index (χ0v) is 17.3. The summed E-state index contributed by atoms with van der Waals surface area (Å²) in [5.41, 5.74) is 2.40. The van der Waals surface area contributed by atoms with Gasteiger partial charge in [-0.3, -0.25) is 9.36 Å². The molecule has 1 aromatic carbocycles. The highest BCUT2D eigenvalue weighted by Gasteiger charge is 2.27. The standard InChI is InChI=1S/C21H28N4OS/c1-6-13-25-18(15-7-9-16(10-8-15)21(3,4)5)23-24-20(25)27-14(2)19(26)22-17-11-12-17/h6-10,14,17H,1,11-13H2,2-5H3,(H,22,26)/t14-/m0/s1. The molecule has 1 aliphatic rings. The fraction of sp³-hybridized carbons (Fsp3) is 0.476. The van der Waals surface area contributed by atoms with Gasteiger partial charge in [0.1, 0.15) is 0 Å². The predicted molar refractivity (Wildman–Crippen MR) is 111 cm³/mol. The van der Waals surface area contributed by atoms with Crippen LogP contribution < -0.4 is 5.32 Å². The minimum Gasteiger partial charge on any atom is -0.352 e. The van der Waals surface area contributed by atoms with Gasteiger partial charge in [0.2, 0.25) is 5.91 Å². The largest absolute Gasteiger partial charge is 0.352 e. The minimum atomic E-state index is -0.213. The molecule has 1 N–H and O–H groups in total. The first-order valence-corrected chi connectivity index (χ1v) is 10.3. The molecule has 0 bridgehead atoms. The maximum absolute atomic E-state index is 12.3. The summed E-state index contributed by atoms with van der Waals surface area (Å²) in [5, 5.41) is 12.3. The van der Waals surface area contributed by atoms with Crippen molar-refractivity contribution >= 4 is 17.7 Å². The molecule has 0 aliphatic heterocycles. The van der Waals surface area contributed by atoms with Crippen molar-refractivity contribution in [3.8, 4) is 11.4 Å². The number of allylic oxidation sites excluding steroid dienone is 1. The number of carbonyl (C=O) groups excluding carboxylic acids is 1. The van der Waals surface area contributed by atoms with E-state index in [-0.39, 0.29) is 16.6 Å². The average molecular weight is 385 g/mol. The Morgan fingerprint density at radius 3 is 2.56 bits per heavy atom. The molecule has 5 nitrogen and oxygen atoms in total. The number of aromatic nitrogens is 3. The molecule has 1 heterocycles. The minimum absolute atomic E-state index is 0.0618. The molecule has 0 saturated heterocycles. The number of rotatable bonds is 7. The van der Waals surface area contributed by atoms with Gasteiger partial charge in [-0.1, -0.05) is 62.9 Å². The van der Waals surface area contributed by atoms with Gasteiger partial charge in [0.25, 0.3) is 0 Å². The van der Waals surface area contributed by atoms with E-state index in [9.17, 15) is 4.79 Å². The number of thioether (sulfide) groups is 1. The molecule has 2 aromatic rings. The van der Waals surface area contributed by atoms with Gasteiger partial charge in [0.05, 0.1) is 5.25 Å². The van der Waals surface area contributed by atoms with Gasteiger partial charge >= 0.3 is 0 Å². The maximum Gasteiger partial charge on any atom is 0.233 e. The highest BCUT2D eigenvalue weighted by molar-refractivity contribution is 8.00. The molecule has 0 radical (unpaired) electrons. The third kappa shape index (κ3) is 4.80. The monoisotopic (exact) mass is 384 g/mol. The highest BCUT2D eigenvalue weighted by Crippen LogP contribution is 2.29. The third-order valence-corrected chi connectivity index (χ3v) is 5.69. The van der Waals surface area contributed by atoms with Crippen molar-refractivity contribution in [1.82, 2.24) is 20.1 Å². The quantitative estimate of drug-likeness (QED) is 0.574. The Kier molecular flexibility index (Phi) is 5.75. The summed E-state index contributed by atoms with van der Waals surface area (Å²) >= 11 is 1.44. The lowest BCUT2D eigenvalue weighted by molar-refractivity contribution is -0.120. The average Bonchev–Trinajstić information content (AvgIpc) is 3.35. The Bertz CT molecular complexity index is 816. The Balaban J connectivity index is 1.82. The van der Waals surface area contributed by atoms with Gasteiger partial charge in [-0.25, -0.2) is 0 Å². The molecule has 1 aliphatic carbocycles. The smallest absolute Gasteiger partial charge is 0.233 e. The van der Waals surface area contributed by atoms with Crippen LogP contribution in [0.25, 0.3) is 11.4 Å². The third-order valence-electron chi connectivity index (χ3n) is 4.61. The van der Waals surface area contributed by atoms with Crippen LogP contribution in [0, 0.1) is 0 Å². The number of carbonyl (C=O) groups is 1. The van der Waals surface area contributed by atoms with Crippen LogP contribution in [-0.4, -0.2) is 32.0 Å². The van der Waals surface area contributed by atoms with Gasteiger partial charge in [0.15, 0.2) is 11.0 Å². The molecule has 144 valence electrons. The van der Waals surface area contributed by atoms with E-state index in [0.717, 1.165) is 29.4 Å². The normalized spacial score (nSPS) is 15.4. The van der Waals surface area contributed by atoms with E-state index < -0.39 is 0 Å². The molecule has 1 saturated carbocycles. The first-order valence-electron chi connectivity index (χ1n) is 9.41. The highest BCUT2D eigenvalue weighted by atomic mass is 32.2. The predicted octanol–water partition coefficient (Wildman–Crippen LogP) is 4.19. The van der Waals surface area contributed by atoms with Crippen molar-refractivity contribution in [2.45, 2.75) is 68.9 Å². The van der Waals surface area contributed by atoms with Crippen LogP contribution in [-0.2, 0) is 16.8 Å². The second-order valence-corrected chi connectivity index (χ2v) is 9.38. The maximum atomic E-state index is 12.3. The molecular formula is C21H28N4OS. The summed E-state index contributed by atoms with van der Waals surface area (Å²) in [6, 6.07) is 8.81. The van der Waals surface area contributed by atoms with E-state index in [1.165, 1.54) is 17.3 Å². The van der Waals surface area contributed by atoms with Crippen LogP contribution in [0.15, 0.2) is 42.1 Å². The topological polar surface area (TPSA) is 59.8 Å². The summed E-state index contributed by atoms with van der Waals surface area (Å²) in [5.74, 6) is 0.861. The van der Waals surface area contributed by atoms with Crippen molar-refractivity contribution in [2.75, 3.05) is 0 Å². The van der Waals surface area contributed by atoms with E-state index in [1.807, 2.05) is 17.6 Å². The molecule has 3 rings (SSSR count). The summed E-state index contributed by atoms with van der Waals surface area (Å²) in [7, 11) is 0.